The Balaban J connectivity index is 1.88. The third kappa shape index (κ3) is 6.34. The third-order valence-corrected chi connectivity index (χ3v) is 6.20. The highest BCUT2D eigenvalue weighted by atomic mass is 16.8. The average Bonchev–Trinajstić information content (AvgIpc) is 2.78. The Hall–Kier alpha value is -0.990. The summed E-state index contributed by atoms with van der Waals surface area (Å²) in [7, 11) is 0. The molecule has 1 fully saturated rings. The van der Waals surface area contributed by atoms with Crippen molar-refractivity contribution in [1.29, 1.82) is 0 Å². The molecule has 0 radical (unpaired) electrons. The van der Waals surface area contributed by atoms with E-state index in [1.165, 1.54) is 70.6 Å². The fraction of sp³-hybridized carbons (Fsp3) is 0.864. The molecule has 0 aromatic heterocycles. The molecule has 1 aliphatic heterocycles. The van der Waals surface area contributed by atoms with Crippen molar-refractivity contribution in [2.75, 3.05) is 0 Å². The number of carbonyl (C=O) groups is 1. The van der Waals surface area contributed by atoms with Gasteiger partial charge in [-0.2, -0.15) is 0 Å². The Morgan fingerprint density at radius 3 is 1.44 bits per heavy atom. The Morgan fingerprint density at radius 2 is 1.00 bits per heavy atom. The van der Waals surface area contributed by atoms with Crippen LogP contribution in [0, 0.1) is 0 Å². The predicted octanol–water partition coefficient (Wildman–Crippen LogP) is 7.09. The highest BCUT2D eigenvalue weighted by Gasteiger charge is 2.56. The van der Waals surface area contributed by atoms with E-state index in [0.717, 1.165) is 25.7 Å². The van der Waals surface area contributed by atoms with Gasteiger partial charge in [0.1, 0.15) is 0 Å². The summed E-state index contributed by atoms with van der Waals surface area (Å²) in [5.41, 5.74) is -0.928. The smallest absolute Gasteiger partial charge is 0.424 e. The molecular weight excluding hydrogens is 312 g/mol. The zero-order chi connectivity index (χ0) is 18.0. The van der Waals surface area contributed by atoms with Crippen molar-refractivity contribution in [3.63, 3.8) is 0 Å². The average molecular weight is 351 g/mol. The van der Waals surface area contributed by atoms with E-state index in [0.29, 0.717) is 0 Å². The van der Waals surface area contributed by atoms with Crippen LogP contribution in [0.4, 0.5) is 4.79 Å². The van der Waals surface area contributed by atoms with Crippen LogP contribution in [0.2, 0.25) is 0 Å². The number of hydrogen-bond acceptors (Lipinski definition) is 3. The minimum atomic E-state index is -0.475. The Bertz CT molecular complexity index is 431. The van der Waals surface area contributed by atoms with Crippen molar-refractivity contribution < 1.29 is 14.3 Å². The molecule has 25 heavy (non-hydrogen) atoms. The van der Waals surface area contributed by atoms with E-state index >= 15 is 0 Å². The molecule has 1 heterocycles. The maximum atomic E-state index is 11.8. The van der Waals surface area contributed by atoms with Gasteiger partial charge in [-0.15, -0.1) is 0 Å². The minimum Gasteiger partial charge on any atom is -0.424 e. The van der Waals surface area contributed by atoms with Crippen LogP contribution in [-0.2, 0) is 9.47 Å². The van der Waals surface area contributed by atoms with Gasteiger partial charge in [0.25, 0.3) is 0 Å². The van der Waals surface area contributed by atoms with Crippen LogP contribution in [0.1, 0.15) is 110 Å². The lowest BCUT2D eigenvalue weighted by atomic mass is 9.78. The molecule has 144 valence electrons. The van der Waals surface area contributed by atoms with E-state index < -0.39 is 17.4 Å². The monoisotopic (exact) mass is 350 g/mol. The van der Waals surface area contributed by atoms with E-state index in [1.54, 1.807) is 0 Å². The Morgan fingerprint density at radius 1 is 0.640 bits per heavy atom. The summed E-state index contributed by atoms with van der Waals surface area (Å²) in [6, 6.07) is 0. The second-order valence-corrected chi connectivity index (χ2v) is 8.35. The summed E-state index contributed by atoms with van der Waals surface area (Å²) >= 11 is 0. The molecule has 2 rings (SSSR count). The first kappa shape index (κ1) is 20.3. The van der Waals surface area contributed by atoms with E-state index in [4.69, 9.17) is 9.47 Å². The molecule has 0 saturated carbocycles. The molecule has 0 N–H and O–H groups in total. The number of rotatable bonds is 0. The van der Waals surface area contributed by atoms with Gasteiger partial charge >= 0.3 is 6.16 Å². The third-order valence-electron chi connectivity index (χ3n) is 6.20. The van der Waals surface area contributed by atoms with Gasteiger partial charge in [-0.25, -0.2) is 4.79 Å². The number of allylic oxidation sites excluding steroid dienone is 2. The van der Waals surface area contributed by atoms with Crippen LogP contribution in [0.25, 0.3) is 0 Å². The zero-order valence-electron chi connectivity index (χ0n) is 16.5. The van der Waals surface area contributed by atoms with E-state index in [-0.39, 0.29) is 0 Å². The largest absolute Gasteiger partial charge is 0.509 e. The molecular formula is C22H38O3. The maximum Gasteiger partial charge on any atom is 0.509 e. The number of carbonyl (C=O) groups excluding carboxylic acids is 1. The molecule has 0 aromatic rings. The van der Waals surface area contributed by atoms with E-state index in [2.05, 4.69) is 26.0 Å². The van der Waals surface area contributed by atoms with Crippen molar-refractivity contribution in [3.8, 4) is 0 Å². The first-order valence-electron chi connectivity index (χ1n) is 10.6. The van der Waals surface area contributed by atoms with Crippen LogP contribution in [0.5, 0.6) is 0 Å². The summed E-state index contributed by atoms with van der Waals surface area (Å²) < 4.78 is 11.3. The first-order valence-corrected chi connectivity index (χ1v) is 10.6. The SMILES string of the molecule is C[C@@]12CCCCCC/C=C/CCCCCCCCC[C@]1(C)OC(=O)O2. The van der Waals surface area contributed by atoms with Gasteiger partial charge in [-0.05, 0) is 65.2 Å². The van der Waals surface area contributed by atoms with E-state index in [1.807, 2.05) is 0 Å². The summed E-state index contributed by atoms with van der Waals surface area (Å²) in [6.07, 6.45) is 22.4. The Labute approximate surface area is 154 Å². The van der Waals surface area contributed by atoms with Crippen LogP contribution in [0.3, 0.4) is 0 Å². The number of hydrogen-bond donors (Lipinski definition) is 0. The minimum absolute atomic E-state index is 0.463. The standard InChI is InChI=1S/C22H38O3/c1-21-18-16-14-12-10-8-6-4-3-5-7-9-11-13-15-17-19-22(21,2)25-20(23)24-21/h4,6H,3,5,7-19H2,1-2H3/b6-4+/t21-,22+/m1/s1. The topological polar surface area (TPSA) is 35.5 Å². The van der Waals surface area contributed by atoms with Crippen molar-refractivity contribution in [2.45, 2.75) is 121 Å². The lowest BCUT2D eigenvalue weighted by Crippen LogP contribution is -2.47. The molecule has 1 aliphatic carbocycles. The summed E-state index contributed by atoms with van der Waals surface area (Å²) in [4.78, 5) is 11.8. The molecule has 2 atom stereocenters. The molecule has 0 unspecified atom stereocenters. The molecule has 0 amide bonds. The fourth-order valence-corrected chi connectivity index (χ4v) is 4.16. The molecule has 3 heteroatoms. The number of ether oxygens (including phenoxy) is 2. The first-order chi connectivity index (χ1) is 12.1. The second-order valence-electron chi connectivity index (χ2n) is 8.35. The predicted molar refractivity (Wildman–Crippen MR) is 103 cm³/mol. The highest BCUT2D eigenvalue weighted by molar-refractivity contribution is 5.64. The lowest BCUT2D eigenvalue weighted by molar-refractivity contribution is -0.0377. The van der Waals surface area contributed by atoms with Crippen LogP contribution >= 0.6 is 0 Å². The van der Waals surface area contributed by atoms with Gasteiger partial charge < -0.3 is 9.47 Å². The molecule has 3 nitrogen and oxygen atoms in total. The van der Waals surface area contributed by atoms with Crippen LogP contribution in [0.15, 0.2) is 12.2 Å². The van der Waals surface area contributed by atoms with Crippen molar-refractivity contribution >= 4 is 6.16 Å². The van der Waals surface area contributed by atoms with Crippen LogP contribution in [-0.4, -0.2) is 17.4 Å². The lowest BCUT2D eigenvalue weighted by Gasteiger charge is -2.36. The van der Waals surface area contributed by atoms with Gasteiger partial charge in [0, 0.05) is 0 Å². The second kappa shape index (κ2) is 10.2. The van der Waals surface area contributed by atoms with Crippen molar-refractivity contribution in [3.05, 3.63) is 12.2 Å². The number of fused-ring (bicyclic) bond motifs is 1. The Kier molecular flexibility index (Phi) is 8.32. The highest BCUT2D eigenvalue weighted by Crippen LogP contribution is 2.43. The maximum absolute atomic E-state index is 11.8. The van der Waals surface area contributed by atoms with Gasteiger partial charge in [0.15, 0.2) is 11.2 Å². The molecule has 0 spiro atoms. The molecule has 0 aromatic carbocycles. The van der Waals surface area contributed by atoms with Crippen LogP contribution < -0.4 is 0 Å². The fourth-order valence-electron chi connectivity index (χ4n) is 4.16. The summed E-state index contributed by atoms with van der Waals surface area (Å²) in [5.74, 6) is 0. The molecule has 0 bridgehead atoms. The quantitative estimate of drug-likeness (QED) is 0.345. The van der Waals surface area contributed by atoms with Crippen molar-refractivity contribution in [1.82, 2.24) is 0 Å². The summed E-state index contributed by atoms with van der Waals surface area (Å²) in [5, 5.41) is 0. The molecule has 1 saturated heterocycles. The van der Waals surface area contributed by atoms with Gasteiger partial charge in [0.2, 0.25) is 0 Å². The van der Waals surface area contributed by atoms with Gasteiger partial charge in [-0.1, -0.05) is 57.1 Å². The van der Waals surface area contributed by atoms with E-state index in [9.17, 15) is 4.79 Å². The zero-order valence-corrected chi connectivity index (χ0v) is 16.5. The van der Waals surface area contributed by atoms with Gasteiger partial charge in [-0.3, -0.25) is 0 Å². The summed E-state index contributed by atoms with van der Waals surface area (Å²) in [6.45, 7) is 4.15. The normalized spacial score (nSPS) is 35.4. The van der Waals surface area contributed by atoms with Gasteiger partial charge in [0.05, 0.1) is 0 Å². The van der Waals surface area contributed by atoms with Crippen molar-refractivity contribution in [2.24, 2.45) is 0 Å². The molecule has 2 aliphatic rings.